The van der Waals surface area contributed by atoms with Crippen molar-refractivity contribution in [2.75, 3.05) is 17.6 Å². The highest BCUT2D eigenvalue weighted by atomic mass is 19.4. The van der Waals surface area contributed by atoms with Crippen molar-refractivity contribution in [1.29, 1.82) is 0 Å². The molecule has 2 amide bonds. The Bertz CT molecular complexity index is 1320. The fraction of sp³-hybridized carbons (Fsp3) is 0.364. The van der Waals surface area contributed by atoms with Crippen molar-refractivity contribution in [3.63, 3.8) is 0 Å². The van der Waals surface area contributed by atoms with Crippen LogP contribution in [-0.4, -0.2) is 50.2 Å². The minimum absolute atomic E-state index is 0.121. The maximum absolute atomic E-state index is 13.2. The molecule has 3 N–H and O–H groups in total. The monoisotopic (exact) mass is 474 g/mol. The van der Waals surface area contributed by atoms with Crippen molar-refractivity contribution in [3.05, 3.63) is 47.3 Å². The number of anilines is 2. The second-order valence-corrected chi connectivity index (χ2v) is 8.54. The number of benzene rings is 1. The summed E-state index contributed by atoms with van der Waals surface area (Å²) in [5.41, 5.74) is 6.92. The molecule has 2 aliphatic rings. The molecule has 1 aromatic carbocycles. The molecule has 0 unspecified atom stereocenters. The third-order valence-electron chi connectivity index (χ3n) is 6.27. The maximum atomic E-state index is 13.2. The summed E-state index contributed by atoms with van der Waals surface area (Å²) in [7, 11) is 1.67. The third kappa shape index (κ3) is 3.54. The summed E-state index contributed by atoms with van der Waals surface area (Å²) in [4.78, 5) is 31.6. The van der Waals surface area contributed by atoms with Gasteiger partial charge in [0.1, 0.15) is 11.3 Å². The van der Waals surface area contributed by atoms with Crippen LogP contribution in [0.3, 0.4) is 0 Å². The quantitative estimate of drug-likeness (QED) is 0.524. The van der Waals surface area contributed by atoms with Gasteiger partial charge in [-0.2, -0.15) is 18.3 Å². The van der Waals surface area contributed by atoms with Gasteiger partial charge in [0.25, 0.3) is 0 Å². The van der Waals surface area contributed by atoms with Crippen LogP contribution in [0.5, 0.6) is 0 Å². The first-order valence-electron chi connectivity index (χ1n) is 10.6. The zero-order valence-electron chi connectivity index (χ0n) is 18.3. The first kappa shape index (κ1) is 22.1. The van der Waals surface area contributed by atoms with E-state index < -0.39 is 41.8 Å². The fourth-order valence-corrected chi connectivity index (χ4v) is 4.82. The van der Waals surface area contributed by atoms with Gasteiger partial charge in [-0.05, 0) is 30.2 Å². The molecule has 0 saturated carbocycles. The number of ether oxygens (including phenoxy) is 1. The maximum Gasteiger partial charge on any atom is 0.416 e. The molecule has 0 spiro atoms. The first-order chi connectivity index (χ1) is 16.0. The lowest BCUT2D eigenvalue weighted by atomic mass is 10.0. The van der Waals surface area contributed by atoms with Gasteiger partial charge in [-0.1, -0.05) is 6.07 Å². The summed E-state index contributed by atoms with van der Waals surface area (Å²) < 4.78 is 47.0. The molecular weight excluding hydrogens is 453 g/mol. The molecule has 3 atom stereocenters. The van der Waals surface area contributed by atoms with Gasteiger partial charge in [-0.15, -0.1) is 0 Å². The largest absolute Gasteiger partial charge is 0.416 e. The van der Waals surface area contributed by atoms with E-state index in [0.29, 0.717) is 22.0 Å². The zero-order chi connectivity index (χ0) is 24.4. The number of alkyl halides is 3. The Morgan fingerprint density at radius 3 is 2.76 bits per heavy atom. The summed E-state index contributed by atoms with van der Waals surface area (Å²) in [5, 5.41) is 7.22. The molecule has 0 radical (unpaired) electrons. The second kappa shape index (κ2) is 7.69. The molecule has 178 valence electrons. The molecule has 1 aliphatic heterocycles. The Kier molecular flexibility index (Phi) is 5.01. The van der Waals surface area contributed by atoms with Crippen molar-refractivity contribution >= 4 is 34.2 Å². The molecule has 0 bridgehead atoms. The van der Waals surface area contributed by atoms with Gasteiger partial charge in [-0.25, -0.2) is 4.98 Å². The number of amides is 2. The van der Waals surface area contributed by atoms with Crippen molar-refractivity contribution in [3.8, 4) is 0 Å². The zero-order valence-corrected chi connectivity index (χ0v) is 18.3. The van der Waals surface area contributed by atoms with Gasteiger partial charge in [0.2, 0.25) is 0 Å². The smallest absolute Gasteiger partial charge is 0.382 e. The summed E-state index contributed by atoms with van der Waals surface area (Å²) in [5.74, 6) is -1.48. The van der Waals surface area contributed by atoms with Gasteiger partial charge in [0, 0.05) is 25.4 Å². The Balaban J connectivity index is 1.44. The average Bonchev–Trinajstić information content (AvgIpc) is 3.34. The number of aromatic nitrogens is 3. The highest BCUT2D eigenvalue weighted by Crippen LogP contribution is 2.43. The number of carbonyl (C=O) groups is 2. The summed E-state index contributed by atoms with van der Waals surface area (Å²) in [6.45, 7) is 1.87. The van der Waals surface area contributed by atoms with Crippen LogP contribution in [0, 0.1) is 0 Å². The van der Waals surface area contributed by atoms with E-state index in [1.165, 1.54) is 28.0 Å². The minimum Gasteiger partial charge on any atom is -0.382 e. The lowest BCUT2D eigenvalue weighted by molar-refractivity contribution is -0.159. The minimum atomic E-state index is -4.48. The van der Waals surface area contributed by atoms with Gasteiger partial charge in [0.15, 0.2) is 0 Å². The number of hydrogen-bond donors (Lipinski definition) is 2. The Morgan fingerprint density at radius 2 is 2.03 bits per heavy atom. The number of morpholine rings is 1. The van der Waals surface area contributed by atoms with Crippen LogP contribution in [0.2, 0.25) is 0 Å². The van der Waals surface area contributed by atoms with E-state index in [-0.39, 0.29) is 24.5 Å². The number of rotatable bonds is 1. The van der Waals surface area contributed by atoms with E-state index >= 15 is 0 Å². The van der Waals surface area contributed by atoms with Gasteiger partial charge < -0.3 is 20.7 Å². The second-order valence-electron chi connectivity index (χ2n) is 8.54. The van der Waals surface area contributed by atoms with Crippen molar-refractivity contribution < 1.29 is 27.5 Å². The SMILES string of the molecule is C[C@H]1CN(C(=O)C(=O)Nc2cnc(N)c3c2cnn3C)[C@H]2c3ccc(C(F)(F)F)cc3C[C@H]2O1. The number of nitrogen functional groups attached to an aromatic ring is 1. The van der Waals surface area contributed by atoms with Crippen LogP contribution in [0.15, 0.2) is 30.6 Å². The lowest BCUT2D eigenvalue weighted by Crippen LogP contribution is -2.52. The van der Waals surface area contributed by atoms with Crippen LogP contribution in [-0.2, 0) is 34.0 Å². The molecule has 1 saturated heterocycles. The first-order valence-corrected chi connectivity index (χ1v) is 10.6. The predicted octanol–water partition coefficient (Wildman–Crippen LogP) is 2.42. The number of nitrogens with one attached hydrogen (secondary N) is 1. The Hall–Kier alpha value is -3.67. The van der Waals surface area contributed by atoms with E-state index in [0.717, 1.165) is 12.1 Å². The average molecular weight is 474 g/mol. The Labute approximate surface area is 191 Å². The van der Waals surface area contributed by atoms with E-state index in [2.05, 4.69) is 15.4 Å². The van der Waals surface area contributed by atoms with E-state index in [4.69, 9.17) is 10.5 Å². The number of nitrogens with zero attached hydrogens (tertiary/aromatic N) is 4. The van der Waals surface area contributed by atoms with Gasteiger partial charge in [0.05, 0.1) is 41.9 Å². The molecule has 5 rings (SSSR count). The summed E-state index contributed by atoms with van der Waals surface area (Å²) in [6.07, 6.45) is -2.33. The highest BCUT2D eigenvalue weighted by molar-refractivity contribution is 6.40. The van der Waals surface area contributed by atoms with Gasteiger partial charge in [-0.3, -0.25) is 14.3 Å². The van der Waals surface area contributed by atoms with Crippen LogP contribution in [0.25, 0.3) is 10.9 Å². The number of pyridine rings is 1. The fourth-order valence-electron chi connectivity index (χ4n) is 4.82. The van der Waals surface area contributed by atoms with Crippen LogP contribution in [0.1, 0.15) is 29.7 Å². The van der Waals surface area contributed by atoms with Crippen molar-refractivity contribution in [2.45, 2.75) is 37.8 Å². The third-order valence-corrected chi connectivity index (χ3v) is 6.27. The molecule has 2 aromatic heterocycles. The number of hydrogen-bond acceptors (Lipinski definition) is 6. The number of carbonyl (C=O) groups excluding carboxylic acids is 2. The molecule has 34 heavy (non-hydrogen) atoms. The molecule has 1 aliphatic carbocycles. The van der Waals surface area contributed by atoms with Crippen LogP contribution in [0.4, 0.5) is 24.7 Å². The van der Waals surface area contributed by atoms with E-state index in [9.17, 15) is 22.8 Å². The van der Waals surface area contributed by atoms with Gasteiger partial charge >= 0.3 is 18.0 Å². The Morgan fingerprint density at radius 1 is 1.26 bits per heavy atom. The van der Waals surface area contributed by atoms with E-state index in [1.54, 1.807) is 14.0 Å². The van der Waals surface area contributed by atoms with Crippen LogP contribution >= 0.6 is 0 Å². The molecule has 12 heteroatoms. The molecule has 3 aromatic rings. The summed E-state index contributed by atoms with van der Waals surface area (Å²) >= 11 is 0. The molecule has 3 heterocycles. The topological polar surface area (TPSA) is 115 Å². The number of nitrogens with two attached hydrogens (primary N) is 1. The normalized spacial score (nSPS) is 21.9. The highest BCUT2D eigenvalue weighted by Gasteiger charge is 2.46. The van der Waals surface area contributed by atoms with E-state index in [1.807, 2.05) is 0 Å². The summed E-state index contributed by atoms with van der Waals surface area (Å²) in [6, 6.07) is 2.78. The number of halogens is 3. The van der Waals surface area contributed by atoms with Crippen molar-refractivity contribution in [1.82, 2.24) is 19.7 Å². The van der Waals surface area contributed by atoms with Crippen molar-refractivity contribution in [2.24, 2.45) is 7.05 Å². The molecule has 9 nitrogen and oxygen atoms in total. The molecular formula is C22H21F3N6O3. The van der Waals surface area contributed by atoms with Crippen LogP contribution < -0.4 is 11.1 Å². The molecule has 1 fully saturated rings. The number of fused-ring (bicyclic) bond motifs is 4. The standard InChI is InChI=1S/C22H21F3N6O3/c1-10-9-31(17-13-4-3-12(22(23,24)25)5-11(13)6-16(17)34-10)21(33)20(32)29-15-8-27-19(26)18-14(15)7-28-30(18)2/h3-5,7-8,10,16-17H,6,9H2,1-2H3,(H2,26,27)(H,29,32)/t10-,16+,17-/m0/s1. The number of aryl methyl sites for hydroxylation is 1. The predicted molar refractivity (Wildman–Crippen MR) is 115 cm³/mol. The lowest BCUT2D eigenvalue weighted by Gasteiger charge is -2.40.